The van der Waals surface area contributed by atoms with Crippen LogP contribution in [0.1, 0.15) is 11.1 Å². The molecule has 0 amide bonds. The second kappa shape index (κ2) is 6.66. The summed E-state index contributed by atoms with van der Waals surface area (Å²) in [6.45, 7) is 0. The summed E-state index contributed by atoms with van der Waals surface area (Å²) >= 11 is 12.2. The van der Waals surface area contributed by atoms with Gasteiger partial charge in [-0.3, -0.25) is 0 Å². The number of hydrogen-bond donors (Lipinski definition) is 0. The Labute approximate surface area is 132 Å². The zero-order valence-corrected chi connectivity index (χ0v) is 12.6. The second-order valence-corrected chi connectivity index (χ2v) is 4.99. The first kappa shape index (κ1) is 15.4. The molecule has 0 bridgehead atoms. The van der Waals surface area contributed by atoms with Gasteiger partial charge in [-0.25, -0.2) is 0 Å². The lowest BCUT2D eigenvalue weighted by Crippen LogP contribution is -2.19. The minimum Gasteiger partial charge on any atom is -0.545 e. The van der Waals surface area contributed by atoms with Crippen LogP contribution < -0.4 is 9.84 Å². The van der Waals surface area contributed by atoms with Gasteiger partial charge in [-0.15, -0.1) is 0 Å². The first-order valence-corrected chi connectivity index (χ1v) is 6.80. The monoisotopic (exact) mass is 321 g/mol. The van der Waals surface area contributed by atoms with Crippen LogP contribution >= 0.6 is 23.2 Å². The second-order valence-electron chi connectivity index (χ2n) is 4.21. The molecule has 0 radical (unpaired) electrons. The van der Waals surface area contributed by atoms with Crippen LogP contribution in [0.3, 0.4) is 0 Å². The third kappa shape index (κ3) is 3.57. The van der Waals surface area contributed by atoms with Crippen LogP contribution in [0.2, 0.25) is 10.0 Å². The maximum absolute atomic E-state index is 11.0. The van der Waals surface area contributed by atoms with Crippen LogP contribution in [-0.4, -0.2) is 13.1 Å². The van der Waals surface area contributed by atoms with Gasteiger partial charge in [0.05, 0.1) is 23.1 Å². The fourth-order valence-electron chi connectivity index (χ4n) is 1.92. The van der Waals surface area contributed by atoms with Crippen LogP contribution in [-0.2, 0) is 4.79 Å². The van der Waals surface area contributed by atoms with Gasteiger partial charge in [0.15, 0.2) is 0 Å². The standard InChI is InChI=1S/C16H12Cl2O3/c1-21-11-7-5-10(6-8-11)13(9-15(19)20)12-3-2-4-14(17)16(12)18/h2-9H,1H3,(H,19,20)/p-1/b13-9-. The molecular weight excluding hydrogens is 311 g/mol. The number of halogens is 2. The van der Waals surface area contributed by atoms with Crippen LogP contribution in [0.15, 0.2) is 48.5 Å². The van der Waals surface area contributed by atoms with Gasteiger partial charge in [-0.05, 0) is 35.4 Å². The Hall–Kier alpha value is -1.97. The molecule has 0 fully saturated rings. The van der Waals surface area contributed by atoms with E-state index in [-0.39, 0.29) is 0 Å². The molecule has 0 aromatic heterocycles. The molecule has 0 spiro atoms. The number of benzene rings is 2. The highest BCUT2D eigenvalue weighted by molar-refractivity contribution is 6.43. The number of carbonyl (C=O) groups excluding carboxylic acids is 1. The number of carboxylic acids is 1. The largest absolute Gasteiger partial charge is 0.545 e. The minimum absolute atomic E-state index is 0.294. The molecule has 0 aliphatic carbocycles. The molecule has 2 aromatic rings. The molecular formula is C16H11Cl2O3-. The zero-order valence-electron chi connectivity index (χ0n) is 11.1. The predicted octanol–water partition coefficient (Wildman–Crippen LogP) is 3.18. The summed E-state index contributed by atoms with van der Waals surface area (Å²) in [4.78, 5) is 11.0. The van der Waals surface area contributed by atoms with E-state index < -0.39 is 5.97 Å². The normalized spacial score (nSPS) is 11.3. The number of rotatable bonds is 4. The predicted molar refractivity (Wildman–Crippen MR) is 81.5 cm³/mol. The van der Waals surface area contributed by atoms with Gasteiger partial charge in [-0.2, -0.15) is 0 Å². The molecule has 0 N–H and O–H groups in total. The lowest BCUT2D eigenvalue weighted by Gasteiger charge is -2.12. The van der Waals surface area contributed by atoms with Gasteiger partial charge < -0.3 is 14.6 Å². The van der Waals surface area contributed by atoms with E-state index in [2.05, 4.69) is 0 Å². The molecule has 2 rings (SSSR count). The molecule has 5 heteroatoms. The van der Waals surface area contributed by atoms with E-state index >= 15 is 0 Å². The minimum atomic E-state index is -1.31. The number of carboxylic acid groups (broad SMARTS) is 1. The highest BCUT2D eigenvalue weighted by Gasteiger charge is 2.11. The average molecular weight is 322 g/mol. The summed E-state index contributed by atoms with van der Waals surface area (Å²) in [6.07, 6.45) is 0.999. The average Bonchev–Trinajstić information content (AvgIpc) is 2.48. The van der Waals surface area contributed by atoms with Crippen molar-refractivity contribution in [3.8, 4) is 5.75 Å². The molecule has 21 heavy (non-hydrogen) atoms. The van der Waals surface area contributed by atoms with Crippen LogP contribution in [0.4, 0.5) is 0 Å². The first-order valence-electron chi connectivity index (χ1n) is 6.04. The third-order valence-electron chi connectivity index (χ3n) is 2.90. The van der Waals surface area contributed by atoms with Crippen molar-refractivity contribution in [3.63, 3.8) is 0 Å². The summed E-state index contributed by atoms with van der Waals surface area (Å²) < 4.78 is 5.08. The highest BCUT2D eigenvalue weighted by Crippen LogP contribution is 2.34. The molecule has 0 saturated carbocycles. The van der Waals surface area contributed by atoms with Crippen LogP contribution in [0.25, 0.3) is 5.57 Å². The number of carbonyl (C=O) groups is 1. The lowest BCUT2D eigenvalue weighted by molar-refractivity contribution is -0.297. The number of hydrogen-bond acceptors (Lipinski definition) is 3. The molecule has 0 atom stereocenters. The Kier molecular flexibility index (Phi) is 4.89. The van der Waals surface area contributed by atoms with Crippen molar-refractivity contribution in [2.45, 2.75) is 0 Å². The van der Waals surface area contributed by atoms with E-state index in [9.17, 15) is 9.90 Å². The van der Waals surface area contributed by atoms with E-state index in [0.29, 0.717) is 32.5 Å². The molecule has 0 heterocycles. The van der Waals surface area contributed by atoms with Crippen molar-refractivity contribution < 1.29 is 14.6 Å². The Morgan fingerprint density at radius 2 is 1.81 bits per heavy atom. The van der Waals surface area contributed by atoms with Crippen molar-refractivity contribution in [2.24, 2.45) is 0 Å². The number of aliphatic carboxylic acids is 1. The smallest absolute Gasteiger partial charge is 0.118 e. The van der Waals surface area contributed by atoms with Crippen molar-refractivity contribution in [3.05, 3.63) is 69.7 Å². The van der Waals surface area contributed by atoms with E-state index in [4.69, 9.17) is 27.9 Å². The van der Waals surface area contributed by atoms with Gasteiger partial charge in [0.2, 0.25) is 0 Å². The third-order valence-corrected chi connectivity index (χ3v) is 3.72. The summed E-state index contributed by atoms with van der Waals surface area (Å²) in [5.41, 5.74) is 1.62. The van der Waals surface area contributed by atoms with Gasteiger partial charge in [0.25, 0.3) is 0 Å². The Morgan fingerprint density at radius 1 is 1.14 bits per heavy atom. The number of methoxy groups -OCH3 is 1. The molecule has 108 valence electrons. The summed E-state index contributed by atoms with van der Waals surface area (Å²) in [6, 6.07) is 12.0. The van der Waals surface area contributed by atoms with Gasteiger partial charge >= 0.3 is 0 Å². The van der Waals surface area contributed by atoms with Crippen LogP contribution in [0.5, 0.6) is 5.75 Å². The fourth-order valence-corrected chi connectivity index (χ4v) is 2.32. The van der Waals surface area contributed by atoms with E-state index in [1.807, 2.05) is 0 Å². The topological polar surface area (TPSA) is 49.4 Å². The molecule has 0 saturated heterocycles. The molecule has 0 unspecified atom stereocenters. The van der Waals surface area contributed by atoms with Crippen molar-refractivity contribution in [2.75, 3.05) is 7.11 Å². The Balaban J connectivity index is 2.58. The lowest BCUT2D eigenvalue weighted by atomic mass is 9.97. The van der Waals surface area contributed by atoms with E-state index in [0.717, 1.165) is 6.08 Å². The first-order chi connectivity index (χ1) is 10.0. The fraction of sp³-hybridized carbons (Fsp3) is 0.0625. The SMILES string of the molecule is COc1ccc(/C(=C/C(=O)[O-])c2cccc(Cl)c2Cl)cc1. The maximum Gasteiger partial charge on any atom is 0.118 e. The summed E-state index contributed by atoms with van der Waals surface area (Å²) in [5.74, 6) is -0.638. The van der Waals surface area contributed by atoms with Gasteiger partial charge in [-0.1, -0.05) is 47.5 Å². The summed E-state index contributed by atoms with van der Waals surface area (Å²) in [5, 5.41) is 11.6. The van der Waals surface area contributed by atoms with E-state index in [1.165, 1.54) is 0 Å². The Bertz CT molecular complexity index is 691. The molecule has 0 aliphatic rings. The molecule has 3 nitrogen and oxygen atoms in total. The van der Waals surface area contributed by atoms with Crippen molar-refractivity contribution in [1.29, 1.82) is 0 Å². The van der Waals surface area contributed by atoms with Crippen molar-refractivity contribution in [1.82, 2.24) is 0 Å². The molecule has 0 aliphatic heterocycles. The van der Waals surface area contributed by atoms with E-state index in [1.54, 1.807) is 49.6 Å². The van der Waals surface area contributed by atoms with Crippen molar-refractivity contribution >= 4 is 34.7 Å². The zero-order chi connectivity index (χ0) is 15.4. The molecule has 2 aromatic carbocycles. The highest BCUT2D eigenvalue weighted by atomic mass is 35.5. The van der Waals surface area contributed by atoms with Crippen LogP contribution in [0, 0.1) is 0 Å². The summed E-state index contributed by atoms with van der Waals surface area (Å²) in [7, 11) is 1.56. The van der Waals surface area contributed by atoms with Gasteiger partial charge in [0, 0.05) is 5.56 Å². The van der Waals surface area contributed by atoms with Gasteiger partial charge in [0.1, 0.15) is 5.75 Å². The Morgan fingerprint density at radius 3 is 2.38 bits per heavy atom. The maximum atomic E-state index is 11.0. The quantitative estimate of drug-likeness (QED) is 0.812. The number of ether oxygens (including phenoxy) is 1.